The van der Waals surface area contributed by atoms with E-state index in [1.807, 2.05) is 6.92 Å². The Kier molecular flexibility index (Phi) is 6.81. The number of thiocarbonyl (C=S) groups is 1. The van der Waals surface area contributed by atoms with E-state index in [0.717, 1.165) is 10.5 Å². The normalized spacial score (nSPS) is 15.1. The van der Waals surface area contributed by atoms with Gasteiger partial charge < -0.3 is 9.47 Å². The molecule has 6 nitrogen and oxygen atoms in total. The Bertz CT molecular complexity index is 1100. The van der Waals surface area contributed by atoms with Crippen LogP contribution in [0.2, 0.25) is 0 Å². The van der Waals surface area contributed by atoms with Crippen LogP contribution in [0.15, 0.2) is 54.6 Å². The maximum Gasteiger partial charge on any atom is 0.270 e. The molecule has 1 aliphatic heterocycles. The maximum atomic E-state index is 14.3. The lowest BCUT2D eigenvalue weighted by atomic mass is 10.0. The number of ether oxygens (including phenoxy) is 2. The third-order valence-corrected chi connectivity index (χ3v) is 4.81. The van der Waals surface area contributed by atoms with E-state index in [1.54, 1.807) is 24.3 Å². The second-order valence-corrected chi connectivity index (χ2v) is 6.93. The molecule has 2 aromatic rings. The van der Waals surface area contributed by atoms with Crippen molar-refractivity contribution in [1.29, 1.82) is 0 Å². The molecule has 1 saturated heterocycles. The molecule has 1 heterocycles. The SMILES string of the molecule is C=CCc1cc(/C=C2\C(=O)NC(=S)N(c3ccccc3F)C2=O)cc(OCC)c1OC. The van der Waals surface area contributed by atoms with E-state index in [-0.39, 0.29) is 16.4 Å². The first kappa shape index (κ1) is 22.2. The Labute approximate surface area is 185 Å². The molecule has 0 spiro atoms. The third kappa shape index (κ3) is 4.49. The molecule has 1 N–H and O–H groups in total. The van der Waals surface area contributed by atoms with E-state index in [0.29, 0.717) is 30.1 Å². The minimum atomic E-state index is -0.724. The van der Waals surface area contributed by atoms with Gasteiger partial charge in [-0.2, -0.15) is 0 Å². The van der Waals surface area contributed by atoms with Crippen molar-refractivity contribution in [2.75, 3.05) is 18.6 Å². The van der Waals surface area contributed by atoms with Crippen LogP contribution in [0, 0.1) is 5.82 Å². The summed E-state index contributed by atoms with van der Waals surface area (Å²) >= 11 is 5.12. The van der Waals surface area contributed by atoms with Gasteiger partial charge in [0.25, 0.3) is 11.8 Å². The number of hydrogen-bond donors (Lipinski definition) is 1. The lowest BCUT2D eigenvalue weighted by molar-refractivity contribution is -0.122. The van der Waals surface area contributed by atoms with Gasteiger partial charge >= 0.3 is 0 Å². The highest BCUT2D eigenvalue weighted by atomic mass is 32.1. The van der Waals surface area contributed by atoms with Crippen LogP contribution >= 0.6 is 12.2 Å². The number of anilines is 1. The molecule has 1 aliphatic rings. The first-order valence-corrected chi connectivity index (χ1v) is 9.92. The van der Waals surface area contributed by atoms with Gasteiger partial charge in [-0.05, 0) is 61.5 Å². The molecule has 160 valence electrons. The zero-order valence-electron chi connectivity index (χ0n) is 17.1. The Morgan fingerprint density at radius 3 is 2.65 bits per heavy atom. The molecule has 0 saturated carbocycles. The van der Waals surface area contributed by atoms with Gasteiger partial charge in [-0.3, -0.25) is 14.9 Å². The number of amides is 2. The number of hydrogen-bond acceptors (Lipinski definition) is 5. The molecular weight excluding hydrogens is 419 g/mol. The molecule has 0 radical (unpaired) electrons. The summed E-state index contributed by atoms with van der Waals surface area (Å²) in [6.07, 6.45) is 3.62. The van der Waals surface area contributed by atoms with E-state index in [4.69, 9.17) is 21.7 Å². The number of nitrogens with one attached hydrogen (secondary N) is 1. The predicted molar refractivity (Wildman–Crippen MR) is 121 cm³/mol. The zero-order valence-corrected chi connectivity index (χ0v) is 17.9. The highest BCUT2D eigenvalue weighted by Gasteiger charge is 2.35. The van der Waals surface area contributed by atoms with Crippen LogP contribution in [0.25, 0.3) is 6.08 Å². The monoisotopic (exact) mass is 440 g/mol. The largest absolute Gasteiger partial charge is 0.493 e. The Morgan fingerprint density at radius 2 is 2.00 bits per heavy atom. The number of benzene rings is 2. The second-order valence-electron chi connectivity index (χ2n) is 6.55. The Morgan fingerprint density at radius 1 is 1.26 bits per heavy atom. The van der Waals surface area contributed by atoms with Gasteiger partial charge in [0.05, 0.1) is 19.4 Å². The standard InChI is InChI=1S/C23H21FN2O4S/c1-4-8-15-11-14(13-19(30-5-2)20(15)29-3)12-16-21(27)25-23(31)26(22(16)28)18-10-7-6-9-17(18)24/h4,6-7,9-13H,1,5,8H2,2-3H3,(H,25,27,31)/b16-12+. The van der Waals surface area contributed by atoms with Crippen molar-refractivity contribution in [2.45, 2.75) is 13.3 Å². The fourth-order valence-corrected chi connectivity index (χ4v) is 3.52. The van der Waals surface area contributed by atoms with E-state index in [9.17, 15) is 14.0 Å². The number of carbonyl (C=O) groups excluding carboxylic acids is 2. The van der Waals surface area contributed by atoms with E-state index >= 15 is 0 Å². The fraction of sp³-hybridized carbons (Fsp3) is 0.174. The van der Waals surface area contributed by atoms with Crippen LogP contribution in [-0.4, -0.2) is 30.6 Å². The summed E-state index contributed by atoms with van der Waals surface area (Å²) in [4.78, 5) is 26.6. The van der Waals surface area contributed by atoms with Crippen LogP contribution in [-0.2, 0) is 16.0 Å². The maximum absolute atomic E-state index is 14.3. The number of rotatable bonds is 7. The number of para-hydroxylation sites is 1. The van der Waals surface area contributed by atoms with Gasteiger partial charge in [0.2, 0.25) is 0 Å². The number of carbonyl (C=O) groups is 2. The molecule has 2 amide bonds. The van der Waals surface area contributed by atoms with Crippen molar-refractivity contribution in [1.82, 2.24) is 5.32 Å². The van der Waals surface area contributed by atoms with Crippen molar-refractivity contribution in [2.24, 2.45) is 0 Å². The molecule has 0 unspecified atom stereocenters. The quantitative estimate of drug-likeness (QED) is 0.307. The highest BCUT2D eigenvalue weighted by Crippen LogP contribution is 2.35. The number of allylic oxidation sites excluding steroid dienone is 1. The summed E-state index contributed by atoms with van der Waals surface area (Å²) < 4.78 is 25.4. The number of nitrogens with zero attached hydrogens (tertiary/aromatic N) is 1. The Balaban J connectivity index is 2.10. The molecule has 31 heavy (non-hydrogen) atoms. The van der Waals surface area contributed by atoms with Gasteiger partial charge in [0.15, 0.2) is 16.6 Å². The van der Waals surface area contributed by atoms with Gasteiger partial charge in [0.1, 0.15) is 11.4 Å². The molecule has 2 aromatic carbocycles. The predicted octanol–water partition coefficient (Wildman–Crippen LogP) is 3.79. The molecule has 0 aliphatic carbocycles. The van der Waals surface area contributed by atoms with Crippen LogP contribution in [0.4, 0.5) is 10.1 Å². The third-order valence-electron chi connectivity index (χ3n) is 4.53. The van der Waals surface area contributed by atoms with Crippen LogP contribution in [0.5, 0.6) is 11.5 Å². The first-order chi connectivity index (χ1) is 14.9. The molecule has 8 heteroatoms. The lowest BCUT2D eigenvalue weighted by Gasteiger charge is -2.29. The first-order valence-electron chi connectivity index (χ1n) is 9.51. The van der Waals surface area contributed by atoms with Gasteiger partial charge in [0, 0.05) is 5.56 Å². The van der Waals surface area contributed by atoms with Crippen molar-refractivity contribution < 1.29 is 23.5 Å². The molecule has 0 atom stereocenters. The van der Waals surface area contributed by atoms with Gasteiger partial charge in [-0.1, -0.05) is 18.2 Å². The van der Waals surface area contributed by atoms with Crippen molar-refractivity contribution >= 4 is 40.9 Å². The summed E-state index contributed by atoms with van der Waals surface area (Å²) in [5.41, 5.74) is 1.09. The molecule has 1 fully saturated rings. The number of halogens is 1. The molecule has 0 bridgehead atoms. The van der Waals surface area contributed by atoms with E-state index < -0.39 is 17.6 Å². The van der Waals surface area contributed by atoms with Gasteiger partial charge in [-0.15, -0.1) is 6.58 Å². The Hall–Kier alpha value is -3.52. The average Bonchev–Trinajstić information content (AvgIpc) is 2.73. The van der Waals surface area contributed by atoms with Crippen LogP contribution in [0.3, 0.4) is 0 Å². The zero-order chi connectivity index (χ0) is 22.5. The summed E-state index contributed by atoms with van der Waals surface area (Å²) in [7, 11) is 1.54. The van der Waals surface area contributed by atoms with Crippen molar-refractivity contribution in [3.63, 3.8) is 0 Å². The molecule has 3 rings (SSSR count). The summed E-state index contributed by atoms with van der Waals surface area (Å²) in [5.74, 6) is -0.997. The summed E-state index contributed by atoms with van der Waals surface area (Å²) in [5, 5.41) is 2.26. The fourth-order valence-electron chi connectivity index (χ4n) is 3.24. The van der Waals surface area contributed by atoms with E-state index in [1.165, 1.54) is 31.4 Å². The highest BCUT2D eigenvalue weighted by molar-refractivity contribution is 7.80. The van der Waals surface area contributed by atoms with Crippen molar-refractivity contribution in [3.8, 4) is 11.5 Å². The van der Waals surface area contributed by atoms with Gasteiger partial charge in [-0.25, -0.2) is 9.29 Å². The van der Waals surface area contributed by atoms with Crippen LogP contribution < -0.4 is 19.7 Å². The molecule has 0 aromatic heterocycles. The smallest absolute Gasteiger partial charge is 0.270 e. The number of methoxy groups -OCH3 is 1. The topological polar surface area (TPSA) is 67.9 Å². The minimum Gasteiger partial charge on any atom is -0.493 e. The summed E-state index contributed by atoms with van der Waals surface area (Å²) in [6, 6.07) is 9.15. The second kappa shape index (κ2) is 9.53. The van der Waals surface area contributed by atoms with E-state index in [2.05, 4.69) is 11.9 Å². The lowest BCUT2D eigenvalue weighted by Crippen LogP contribution is -2.54. The average molecular weight is 440 g/mol. The van der Waals surface area contributed by atoms with Crippen LogP contribution in [0.1, 0.15) is 18.1 Å². The minimum absolute atomic E-state index is 0.0412. The molecular formula is C23H21FN2O4S. The van der Waals surface area contributed by atoms with Crippen molar-refractivity contribution in [3.05, 3.63) is 71.6 Å². The summed E-state index contributed by atoms with van der Waals surface area (Å²) in [6.45, 7) is 5.99.